The zero-order valence-electron chi connectivity index (χ0n) is 13.5. The number of hydrogen-bond donors (Lipinski definition) is 1. The molecule has 120 valence electrons. The van der Waals surface area contributed by atoms with Crippen LogP contribution in [-0.2, 0) is 4.74 Å². The van der Waals surface area contributed by atoms with Crippen LogP contribution in [0, 0.1) is 5.92 Å². The Kier molecular flexibility index (Phi) is 7.27. The lowest BCUT2D eigenvalue weighted by Gasteiger charge is -2.26. The van der Waals surface area contributed by atoms with Gasteiger partial charge >= 0.3 is 0 Å². The summed E-state index contributed by atoms with van der Waals surface area (Å²) in [6, 6.07) is 4.09. The second-order valence-electron chi connectivity index (χ2n) is 6.21. The van der Waals surface area contributed by atoms with E-state index in [0.29, 0.717) is 11.8 Å². The first-order chi connectivity index (χ1) is 10.3. The molecular formula is C17H30N2O2. The van der Waals surface area contributed by atoms with Crippen LogP contribution in [0.25, 0.3) is 0 Å². The zero-order chi connectivity index (χ0) is 14.9. The Morgan fingerprint density at radius 1 is 1.24 bits per heavy atom. The summed E-state index contributed by atoms with van der Waals surface area (Å²) in [5.74, 6) is 2.26. The topological polar surface area (TPSA) is 37.6 Å². The summed E-state index contributed by atoms with van der Waals surface area (Å²) in [7, 11) is 0. The van der Waals surface area contributed by atoms with E-state index >= 15 is 0 Å². The van der Waals surface area contributed by atoms with Gasteiger partial charge in [0.15, 0.2) is 0 Å². The smallest absolute Gasteiger partial charge is 0.107 e. The van der Waals surface area contributed by atoms with Crippen molar-refractivity contribution in [3.05, 3.63) is 24.2 Å². The third-order valence-electron chi connectivity index (χ3n) is 4.28. The Hall–Kier alpha value is -0.840. The fourth-order valence-electron chi connectivity index (χ4n) is 2.94. The number of rotatable bonds is 9. The Labute approximate surface area is 128 Å². The van der Waals surface area contributed by atoms with E-state index in [0.717, 1.165) is 51.6 Å². The molecule has 1 fully saturated rings. The van der Waals surface area contributed by atoms with Gasteiger partial charge in [-0.25, -0.2) is 0 Å². The molecule has 4 heteroatoms. The Morgan fingerprint density at radius 3 is 2.71 bits per heavy atom. The molecule has 1 aromatic heterocycles. The molecule has 0 aromatic carbocycles. The van der Waals surface area contributed by atoms with E-state index in [9.17, 15) is 0 Å². The predicted octanol–water partition coefficient (Wildman–Crippen LogP) is 2.72. The highest BCUT2D eigenvalue weighted by Crippen LogP contribution is 2.27. The summed E-state index contributed by atoms with van der Waals surface area (Å²) < 4.78 is 10.9. The van der Waals surface area contributed by atoms with E-state index in [4.69, 9.17) is 9.15 Å². The van der Waals surface area contributed by atoms with Crippen LogP contribution < -0.4 is 5.32 Å². The Balaban J connectivity index is 1.55. The molecule has 1 saturated heterocycles. The van der Waals surface area contributed by atoms with Crippen molar-refractivity contribution in [3.8, 4) is 0 Å². The van der Waals surface area contributed by atoms with E-state index in [1.807, 2.05) is 6.07 Å². The predicted molar refractivity (Wildman–Crippen MR) is 85.6 cm³/mol. The van der Waals surface area contributed by atoms with Crippen LogP contribution in [0.2, 0.25) is 0 Å². The van der Waals surface area contributed by atoms with Crippen LogP contribution in [0.3, 0.4) is 0 Å². The quantitative estimate of drug-likeness (QED) is 0.711. The van der Waals surface area contributed by atoms with Crippen LogP contribution in [0.4, 0.5) is 0 Å². The molecule has 4 nitrogen and oxygen atoms in total. The van der Waals surface area contributed by atoms with Crippen LogP contribution in [0.5, 0.6) is 0 Å². The lowest BCUT2D eigenvalue weighted by molar-refractivity contribution is 0.0374. The molecule has 0 aliphatic carbocycles. The van der Waals surface area contributed by atoms with Crippen LogP contribution in [0.15, 0.2) is 22.8 Å². The van der Waals surface area contributed by atoms with E-state index in [2.05, 4.69) is 30.1 Å². The number of hydrogen-bond acceptors (Lipinski definition) is 4. The van der Waals surface area contributed by atoms with Gasteiger partial charge in [0.1, 0.15) is 5.76 Å². The number of ether oxygens (including phenoxy) is 1. The van der Waals surface area contributed by atoms with E-state index in [1.54, 1.807) is 6.26 Å². The van der Waals surface area contributed by atoms with E-state index in [-0.39, 0.29) is 0 Å². The minimum absolute atomic E-state index is 0.520. The van der Waals surface area contributed by atoms with E-state index < -0.39 is 0 Å². The van der Waals surface area contributed by atoms with Crippen LogP contribution in [0.1, 0.15) is 38.4 Å². The fraction of sp³-hybridized carbons (Fsp3) is 0.765. The molecule has 0 bridgehead atoms. The average Bonchev–Trinajstić information content (AvgIpc) is 3.01. The number of nitrogens with one attached hydrogen (secondary N) is 1. The average molecular weight is 294 g/mol. The standard InChI is InChI=1S/C17H30N2O2/c1-15(2)16(17-5-3-12-21-17)6-8-18-7-4-9-19-10-13-20-14-11-19/h3,5,12,15-16,18H,4,6-11,13-14H2,1-2H3/t16-/m1/s1. The monoisotopic (exact) mass is 294 g/mol. The first-order valence-electron chi connectivity index (χ1n) is 8.31. The minimum Gasteiger partial charge on any atom is -0.469 e. The normalized spacial score (nSPS) is 18.2. The second kappa shape index (κ2) is 9.23. The zero-order valence-corrected chi connectivity index (χ0v) is 13.5. The molecule has 1 atom stereocenters. The summed E-state index contributed by atoms with van der Waals surface area (Å²) in [6.07, 6.45) is 4.14. The number of nitrogens with zero attached hydrogens (tertiary/aromatic N) is 1. The van der Waals surface area contributed by atoms with Crippen molar-refractivity contribution in [1.29, 1.82) is 0 Å². The van der Waals surface area contributed by atoms with Crippen molar-refractivity contribution in [2.45, 2.75) is 32.6 Å². The summed E-state index contributed by atoms with van der Waals surface area (Å²) in [4.78, 5) is 2.49. The number of furan rings is 1. The number of morpholine rings is 1. The van der Waals surface area contributed by atoms with Gasteiger partial charge in [-0.05, 0) is 50.5 Å². The molecule has 1 aliphatic heterocycles. The van der Waals surface area contributed by atoms with Gasteiger partial charge in [-0.3, -0.25) is 4.90 Å². The fourth-order valence-corrected chi connectivity index (χ4v) is 2.94. The summed E-state index contributed by atoms with van der Waals surface area (Å²) in [5.41, 5.74) is 0. The lowest BCUT2D eigenvalue weighted by atomic mass is 9.90. The molecule has 2 heterocycles. The van der Waals surface area contributed by atoms with Crippen molar-refractivity contribution in [1.82, 2.24) is 10.2 Å². The lowest BCUT2D eigenvalue weighted by Crippen LogP contribution is -2.37. The van der Waals surface area contributed by atoms with Gasteiger partial charge in [0.25, 0.3) is 0 Å². The van der Waals surface area contributed by atoms with Crippen molar-refractivity contribution >= 4 is 0 Å². The maximum Gasteiger partial charge on any atom is 0.107 e. The summed E-state index contributed by atoms with van der Waals surface area (Å²) >= 11 is 0. The molecule has 1 N–H and O–H groups in total. The van der Waals surface area contributed by atoms with Gasteiger partial charge in [0.05, 0.1) is 19.5 Å². The molecule has 2 rings (SSSR count). The Bertz CT molecular complexity index is 359. The largest absolute Gasteiger partial charge is 0.469 e. The van der Waals surface area contributed by atoms with Crippen molar-refractivity contribution in [2.75, 3.05) is 45.9 Å². The van der Waals surface area contributed by atoms with Crippen molar-refractivity contribution in [3.63, 3.8) is 0 Å². The van der Waals surface area contributed by atoms with Gasteiger partial charge < -0.3 is 14.5 Å². The first-order valence-corrected chi connectivity index (χ1v) is 8.31. The van der Waals surface area contributed by atoms with Gasteiger partial charge in [0.2, 0.25) is 0 Å². The van der Waals surface area contributed by atoms with Gasteiger partial charge in [0, 0.05) is 19.0 Å². The molecule has 21 heavy (non-hydrogen) atoms. The maximum atomic E-state index is 5.57. The molecule has 1 aromatic rings. The molecular weight excluding hydrogens is 264 g/mol. The molecule has 0 radical (unpaired) electrons. The first kappa shape index (κ1) is 16.5. The highest BCUT2D eigenvalue weighted by atomic mass is 16.5. The summed E-state index contributed by atoms with van der Waals surface area (Å²) in [5, 5.41) is 3.57. The van der Waals surface area contributed by atoms with Crippen molar-refractivity contribution < 1.29 is 9.15 Å². The summed E-state index contributed by atoms with van der Waals surface area (Å²) in [6.45, 7) is 11.9. The Morgan fingerprint density at radius 2 is 2.05 bits per heavy atom. The second-order valence-corrected chi connectivity index (χ2v) is 6.21. The van der Waals surface area contributed by atoms with Crippen molar-refractivity contribution in [2.24, 2.45) is 5.92 Å². The molecule has 0 amide bonds. The molecule has 0 saturated carbocycles. The minimum atomic E-state index is 0.520. The van der Waals surface area contributed by atoms with E-state index in [1.165, 1.54) is 13.0 Å². The van der Waals surface area contributed by atoms with Crippen LogP contribution >= 0.6 is 0 Å². The van der Waals surface area contributed by atoms with Crippen LogP contribution in [-0.4, -0.2) is 50.8 Å². The third-order valence-corrected chi connectivity index (χ3v) is 4.28. The molecule has 0 unspecified atom stereocenters. The van der Waals surface area contributed by atoms with Gasteiger partial charge in [-0.15, -0.1) is 0 Å². The third kappa shape index (κ3) is 5.81. The highest BCUT2D eigenvalue weighted by Gasteiger charge is 2.17. The molecule has 0 spiro atoms. The van der Waals surface area contributed by atoms with Gasteiger partial charge in [-0.2, -0.15) is 0 Å². The van der Waals surface area contributed by atoms with Gasteiger partial charge in [-0.1, -0.05) is 13.8 Å². The highest BCUT2D eigenvalue weighted by molar-refractivity contribution is 5.06. The maximum absolute atomic E-state index is 5.57. The SMILES string of the molecule is CC(C)[C@@H](CCNCCCN1CCOCC1)c1ccco1. The molecule has 1 aliphatic rings.